The largest absolute Gasteiger partial charge is 0.464 e. The predicted octanol–water partition coefficient (Wildman–Crippen LogP) is 3.05. The average Bonchev–Trinajstić information content (AvgIpc) is 3.42. The molecule has 1 saturated heterocycles. The highest BCUT2D eigenvalue weighted by Crippen LogP contribution is 2.29. The fraction of sp³-hybridized carbons (Fsp3) is 0.174. The number of ether oxygens (including phenoxy) is 1. The number of carbonyl (C=O) groups excluding carboxylic acids is 4. The molecule has 9 nitrogen and oxygen atoms in total. The summed E-state index contributed by atoms with van der Waals surface area (Å²) >= 11 is 0.944. The molecule has 4 amide bonds. The molecule has 12 heteroatoms. The van der Waals surface area contributed by atoms with E-state index in [9.17, 15) is 28.0 Å². The van der Waals surface area contributed by atoms with Crippen molar-refractivity contribution >= 4 is 40.3 Å². The average molecular weight is 500 g/mol. The Bertz CT molecular complexity index is 1280. The molecule has 2 aromatic carbocycles. The van der Waals surface area contributed by atoms with Crippen LogP contribution in [0, 0.1) is 11.6 Å². The molecule has 2 N–H and O–H groups in total. The van der Waals surface area contributed by atoms with Crippen LogP contribution < -0.4 is 10.6 Å². The van der Waals surface area contributed by atoms with Gasteiger partial charge < -0.3 is 15.4 Å². The number of imide groups is 1. The second-order valence-corrected chi connectivity index (χ2v) is 8.31. The van der Waals surface area contributed by atoms with Crippen LogP contribution in [0.15, 0.2) is 53.9 Å². The Labute approximate surface area is 201 Å². The Morgan fingerprint density at radius 1 is 1.14 bits per heavy atom. The van der Waals surface area contributed by atoms with Crippen LogP contribution in [-0.2, 0) is 20.7 Å². The molecule has 4 rings (SSSR count). The molecule has 0 spiro atoms. The van der Waals surface area contributed by atoms with E-state index in [-0.39, 0.29) is 17.2 Å². The van der Waals surface area contributed by atoms with E-state index in [1.165, 1.54) is 12.5 Å². The van der Waals surface area contributed by atoms with Crippen LogP contribution in [0.25, 0.3) is 0 Å². The molecule has 1 aliphatic heterocycles. The number of hydrogen-bond acceptors (Lipinski definition) is 7. The first-order valence-corrected chi connectivity index (χ1v) is 11.1. The Kier molecular flexibility index (Phi) is 6.82. The van der Waals surface area contributed by atoms with Crippen molar-refractivity contribution in [2.45, 2.75) is 18.5 Å². The van der Waals surface area contributed by atoms with Crippen LogP contribution in [-0.4, -0.2) is 46.9 Å². The fourth-order valence-electron chi connectivity index (χ4n) is 3.63. The van der Waals surface area contributed by atoms with E-state index < -0.39 is 53.1 Å². The molecule has 0 radical (unpaired) electrons. The maximum absolute atomic E-state index is 14.3. The molecular formula is C23H18F2N4O5S. The van der Waals surface area contributed by atoms with Gasteiger partial charge >= 0.3 is 12.0 Å². The maximum atomic E-state index is 14.3. The van der Waals surface area contributed by atoms with E-state index in [0.717, 1.165) is 29.5 Å². The van der Waals surface area contributed by atoms with E-state index in [0.29, 0.717) is 10.5 Å². The lowest BCUT2D eigenvalue weighted by Gasteiger charge is -2.24. The molecule has 0 bridgehead atoms. The van der Waals surface area contributed by atoms with Crippen molar-refractivity contribution in [2.24, 2.45) is 0 Å². The smallest absolute Gasteiger partial charge is 0.357 e. The van der Waals surface area contributed by atoms with Gasteiger partial charge in [-0.2, -0.15) is 0 Å². The number of benzene rings is 2. The van der Waals surface area contributed by atoms with Gasteiger partial charge in [-0.1, -0.05) is 36.4 Å². The lowest BCUT2D eigenvalue weighted by Crippen LogP contribution is -2.49. The van der Waals surface area contributed by atoms with Gasteiger partial charge in [0.15, 0.2) is 10.8 Å². The lowest BCUT2D eigenvalue weighted by atomic mass is 10.0. The molecule has 180 valence electrons. The van der Waals surface area contributed by atoms with Crippen LogP contribution in [0.1, 0.15) is 27.7 Å². The van der Waals surface area contributed by atoms with Gasteiger partial charge in [0.2, 0.25) is 5.91 Å². The summed E-state index contributed by atoms with van der Waals surface area (Å²) in [5, 5.41) is 6.17. The third-order valence-corrected chi connectivity index (χ3v) is 6.03. The normalized spacial score (nSPS) is 16.1. The van der Waals surface area contributed by atoms with Crippen molar-refractivity contribution in [1.29, 1.82) is 0 Å². The van der Waals surface area contributed by atoms with Gasteiger partial charge in [0, 0.05) is 11.8 Å². The zero-order chi connectivity index (χ0) is 25.1. The first-order valence-electron chi connectivity index (χ1n) is 10.3. The van der Waals surface area contributed by atoms with Crippen molar-refractivity contribution < 1.29 is 32.7 Å². The standard InChI is InChI=1S/C23H18F2N4O5S/c1-34-21(32)15-11-35-22(26-15)28-19(30)16(10-12-6-3-2-4-7-12)29-20(31)18(27-23(29)33)17-13(24)8-5-9-14(17)25/h2-9,11,16,18H,10H2,1H3,(H,27,33)(H,26,28,30). The topological polar surface area (TPSA) is 118 Å². The van der Waals surface area contributed by atoms with Gasteiger partial charge in [0.05, 0.1) is 12.7 Å². The van der Waals surface area contributed by atoms with E-state index in [1.807, 2.05) is 0 Å². The minimum atomic E-state index is -1.64. The maximum Gasteiger partial charge on any atom is 0.357 e. The Morgan fingerprint density at radius 2 is 1.83 bits per heavy atom. The monoisotopic (exact) mass is 500 g/mol. The molecule has 0 aliphatic carbocycles. The van der Waals surface area contributed by atoms with Crippen molar-refractivity contribution in [3.05, 3.63) is 82.4 Å². The van der Waals surface area contributed by atoms with Crippen molar-refractivity contribution in [2.75, 3.05) is 12.4 Å². The van der Waals surface area contributed by atoms with Crippen LogP contribution >= 0.6 is 11.3 Å². The number of amides is 4. The number of hydrogen-bond donors (Lipinski definition) is 2. The zero-order valence-corrected chi connectivity index (χ0v) is 19.0. The highest BCUT2D eigenvalue weighted by molar-refractivity contribution is 7.14. The highest BCUT2D eigenvalue weighted by Gasteiger charge is 2.47. The minimum Gasteiger partial charge on any atom is -0.464 e. The number of nitrogens with one attached hydrogen (secondary N) is 2. The Balaban J connectivity index is 1.65. The van der Waals surface area contributed by atoms with Crippen LogP contribution in [0.3, 0.4) is 0 Å². The van der Waals surface area contributed by atoms with Gasteiger partial charge in [-0.3, -0.25) is 9.59 Å². The SMILES string of the molecule is COC(=O)c1csc(NC(=O)C(Cc2ccccc2)N2C(=O)NC(c3c(F)cccc3F)C2=O)n1. The lowest BCUT2D eigenvalue weighted by molar-refractivity contribution is -0.134. The number of rotatable bonds is 7. The van der Waals surface area contributed by atoms with Crippen molar-refractivity contribution in [1.82, 2.24) is 15.2 Å². The fourth-order valence-corrected chi connectivity index (χ4v) is 4.31. The second kappa shape index (κ2) is 9.97. The molecule has 2 heterocycles. The number of carbonyl (C=O) groups is 4. The molecule has 1 aromatic heterocycles. The number of esters is 1. The molecule has 2 atom stereocenters. The molecule has 3 aromatic rings. The number of urea groups is 1. The number of methoxy groups -OCH3 is 1. The van der Waals surface area contributed by atoms with Crippen LogP contribution in [0.5, 0.6) is 0 Å². The van der Waals surface area contributed by atoms with Crippen molar-refractivity contribution in [3.63, 3.8) is 0 Å². The third kappa shape index (κ3) is 4.87. The third-order valence-electron chi connectivity index (χ3n) is 5.27. The second-order valence-electron chi connectivity index (χ2n) is 7.45. The summed E-state index contributed by atoms with van der Waals surface area (Å²) in [6.45, 7) is 0. The summed E-state index contributed by atoms with van der Waals surface area (Å²) < 4.78 is 33.3. The molecule has 1 aliphatic rings. The molecule has 0 saturated carbocycles. The Morgan fingerprint density at radius 3 is 2.49 bits per heavy atom. The first-order chi connectivity index (χ1) is 16.8. The van der Waals surface area contributed by atoms with Gasteiger partial charge in [-0.25, -0.2) is 28.3 Å². The summed E-state index contributed by atoms with van der Waals surface area (Å²) in [5.41, 5.74) is -0.0180. The summed E-state index contributed by atoms with van der Waals surface area (Å²) in [7, 11) is 1.18. The van der Waals surface area contributed by atoms with Gasteiger partial charge in [0.25, 0.3) is 5.91 Å². The number of anilines is 1. The van der Waals surface area contributed by atoms with Crippen LogP contribution in [0.4, 0.5) is 18.7 Å². The van der Waals surface area contributed by atoms with Gasteiger partial charge in [-0.15, -0.1) is 11.3 Å². The predicted molar refractivity (Wildman–Crippen MR) is 120 cm³/mol. The summed E-state index contributed by atoms with van der Waals surface area (Å²) in [6.07, 6.45) is -0.0759. The van der Waals surface area contributed by atoms with Gasteiger partial charge in [0.1, 0.15) is 23.7 Å². The number of halogens is 2. The van der Waals surface area contributed by atoms with Gasteiger partial charge in [-0.05, 0) is 17.7 Å². The van der Waals surface area contributed by atoms with E-state index in [4.69, 9.17) is 0 Å². The van der Waals surface area contributed by atoms with Crippen LogP contribution in [0.2, 0.25) is 0 Å². The van der Waals surface area contributed by atoms with E-state index in [2.05, 4.69) is 20.4 Å². The van der Waals surface area contributed by atoms with Crippen molar-refractivity contribution in [3.8, 4) is 0 Å². The Hall–Kier alpha value is -4.19. The molecular weight excluding hydrogens is 482 g/mol. The highest BCUT2D eigenvalue weighted by atomic mass is 32.1. The quantitative estimate of drug-likeness (QED) is 0.380. The molecule has 35 heavy (non-hydrogen) atoms. The summed E-state index contributed by atoms with van der Waals surface area (Å²) in [4.78, 5) is 55.5. The zero-order valence-electron chi connectivity index (χ0n) is 18.2. The minimum absolute atomic E-state index is 0.0301. The summed E-state index contributed by atoms with van der Waals surface area (Å²) in [5.74, 6) is -4.48. The molecule has 1 fully saturated rings. The summed E-state index contributed by atoms with van der Waals surface area (Å²) in [6, 6.07) is 7.67. The first kappa shape index (κ1) is 24.0. The molecule has 2 unspecified atom stereocenters. The van der Waals surface area contributed by atoms with E-state index >= 15 is 0 Å². The van der Waals surface area contributed by atoms with E-state index in [1.54, 1.807) is 30.3 Å². The number of nitrogens with zero attached hydrogens (tertiary/aromatic N) is 2. The number of thiazole rings is 1. The number of aromatic nitrogens is 1.